The number of rotatable bonds is 3. The predicted octanol–water partition coefficient (Wildman–Crippen LogP) is 1.58. The van der Waals surface area contributed by atoms with E-state index < -0.39 is 5.97 Å². The molecule has 3 rings (SSSR count). The van der Waals surface area contributed by atoms with Gasteiger partial charge >= 0.3 is 11.7 Å². The van der Waals surface area contributed by atoms with Gasteiger partial charge in [0.2, 0.25) is 0 Å². The summed E-state index contributed by atoms with van der Waals surface area (Å²) >= 11 is 1.37. The minimum absolute atomic E-state index is 0.234. The minimum atomic E-state index is -0.960. The molecule has 1 aromatic carbocycles. The molecule has 0 spiro atoms. The largest absolute Gasteiger partial charge is 0.478 e. The number of aromatic carboxylic acids is 1. The number of nitrogens with one attached hydrogen (secondary N) is 1. The van der Waals surface area contributed by atoms with E-state index in [1.54, 1.807) is 25.1 Å². The van der Waals surface area contributed by atoms with Crippen LogP contribution in [0.3, 0.4) is 0 Å². The summed E-state index contributed by atoms with van der Waals surface area (Å²) in [4.78, 5) is 27.5. The number of benzene rings is 1. The molecule has 2 aromatic heterocycles. The van der Waals surface area contributed by atoms with Crippen LogP contribution in [0.15, 0.2) is 45.0 Å². The Balaban J connectivity index is 1.94. The highest BCUT2D eigenvalue weighted by atomic mass is 32.2. The minimum Gasteiger partial charge on any atom is -0.478 e. The zero-order valence-electron chi connectivity index (χ0n) is 10.9. The van der Waals surface area contributed by atoms with Gasteiger partial charge in [-0.3, -0.25) is 0 Å². The normalized spacial score (nSPS) is 10.9. The molecule has 0 bridgehead atoms. The molecule has 0 atom stereocenters. The average Bonchev–Trinajstić information content (AvgIpc) is 2.81. The summed E-state index contributed by atoms with van der Waals surface area (Å²) < 4.78 is 1.39. The van der Waals surface area contributed by atoms with Crippen LogP contribution in [0.25, 0.3) is 5.65 Å². The van der Waals surface area contributed by atoms with Gasteiger partial charge in [0.25, 0.3) is 0 Å². The van der Waals surface area contributed by atoms with E-state index in [2.05, 4.69) is 15.2 Å². The molecule has 2 N–H and O–H groups in total. The quantitative estimate of drug-likeness (QED) is 0.712. The van der Waals surface area contributed by atoms with Crippen molar-refractivity contribution in [2.45, 2.75) is 16.8 Å². The van der Waals surface area contributed by atoms with Gasteiger partial charge in [-0.05, 0) is 31.2 Å². The molecule has 21 heavy (non-hydrogen) atoms. The highest BCUT2D eigenvalue weighted by Crippen LogP contribution is 2.26. The summed E-state index contributed by atoms with van der Waals surface area (Å²) in [6, 6.07) is 8.20. The van der Waals surface area contributed by atoms with Crippen LogP contribution in [0.1, 0.15) is 16.2 Å². The highest BCUT2D eigenvalue weighted by molar-refractivity contribution is 7.99. The van der Waals surface area contributed by atoms with Crippen molar-refractivity contribution in [3.8, 4) is 0 Å². The summed E-state index contributed by atoms with van der Waals surface area (Å²) in [6.07, 6.45) is 0. The number of aromatic amines is 1. The van der Waals surface area contributed by atoms with Gasteiger partial charge in [0.05, 0.1) is 5.56 Å². The molecule has 0 saturated heterocycles. The molecule has 8 heteroatoms. The molecule has 3 aromatic rings. The Morgan fingerprint density at radius 3 is 2.71 bits per heavy atom. The van der Waals surface area contributed by atoms with Gasteiger partial charge in [-0.1, -0.05) is 11.8 Å². The van der Waals surface area contributed by atoms with Gasteiger partial charge in [0, 0.05) is 11.0 Å². The van der Waals surface area contributed by atoms with Crippen molar-refractivity contribution in [3.05, 3.63) is 52.2 Å². The third-order valence-electron chi connectivity index (χ3n) is 2.87. The zero-order valence-corrected chi connectivity index (χ0v) is 11.7. The first-order valence-electron chi connectivity index (χ1n) is 6.00. The fourth-order valence-electron chi connectivity index (χ4n) is 1.91. The number of hydrogen-bond donors (Lipinski definition) is 2. The van der Waals surface area contributed by atoms with E-state index in [1.807, 2.05) is 0 Å². The molecule has 2 heterocycles. The first-order valence-corrected chi connectivity index (χ1v) is 6.82. The number of H-pyrrole nitrogens is 1. The van der Waals surface area contributed by atoms with Crippen molar-refractivity contribution in [1.29, 1.82) is 0 Å². The first kappa shape index (κ1) is 13.4. The zero-order chi connectivity index (χ0) is 15.0. The standard InChI is InChI=1S/C13H10N4O3S/c1-7-14-11(6-10-15-16-13(20)17(7)10)21-9-4-2-8(3-5-9)12(18)19/h2-6H,1H3,(H,16,20)(H,18,19). The second-order valence-electron chi connectivity index (χ2n) is 4.30. The molecular weight excluding hydrogens is 292 g/mol. The van der Waals surface area contributed by atoms with Crippen molar-refractivity contribution >= 4 is 23.4 Å². The molecule has 0 aliphatic carbocycles. The number of aromatic nitrogens is 4. The van der Waals surface area contributed by atoms with Gasteiger partial charge in [-0.15, -0.1) is 0 Å². The molecule has 7 nitrogen and oxygen atoms in total. The summed E-state index contributed by atoms with van der Waals surface area (Å²) in [5.74, 6) is -0.422. The first-order chi connectivity index (χ1) is 10.0. The molecule has 0 aliphatic heterocycles. The number of carboxylic acids is 1. The maximum atomic E-state index is 11.5. The van der Waals surface area contributed by atoms with Crippen LogP contribution in [-0.4, -0.2) is 30.7 Å². The van der Waals surface area contributed by atoms with E-state index in [9.17, 15) is 9.59 Å². The van der Waals surface area contributed by atoms with Crippen molar-refractivity contribution < 1.29 is 9.90 Å². The van der Waals surface area contributed by atoms with E-state index in [0.717, 1.165) is 4.90 Å². The molecule has 0 amide bonds. The number of hydrogen-bond acceptors (Lipinski definition) is 5. The Hall–Kier alpha value is -2.61. The Labute approximate surface area is 122 Å². The summed E-state index contributed by atoms with van der Waals surface area (Å²) in [5, 5.41) is 15.8. The van der Waals surface area contributed by atoms with Crippen LogP contribution in [-0.2, 0) is 0 Å². The Morgan fingerprint density at radius 2 is 2.05 bits per heavy atom. The lowest BCUT2D eigenvalue weighted by Crippen LogP contribution is -2.13. The number of carbonyl (C=O) groups is 1. The van der Waals surface area contributed by atoms with Gasteiger partial charge in [-0.2, -0.15) is 5.10 Å². The van der Waals surface area contributed by atoms with Gasteiger partial charge in [-0.25, -0.2) is 24.1 Å². The summed E-state index contributed by atoms with van der Waals surface area (Å²) in [7, 11) is 0. The molecule has 0 saturated carbocycles. The fourth-order valence-corrected chi connectivity index (χ4v) is 2.77. The Morgan fingerprint density at radius 1 is 1.33 bits per heavy atom. The lowest BCUT2D eigenvalue weighted by Gasteiger charge is -2.04. The third-order valence-corrected chi connectivity index (χ3v) is 3.80. The SMILES string of the molecule is Cc1nc(Sc2ccc(C(=O)O)cc2)cc2n[nH]c(=O)n12. The van der Waals surface area contributed by atoms with Crippen molar-refractivity contribution in [2.75, 3.05) is 0 Å². The number of carboxylic acid groups (broad SMARTS) is 1. The van der Waals surface area contributed by atoms with E-state index in [4.69, 9.17) is 5.11 Å². The molecular formula is C13H10N4O3S. The van der Waals surface area contributed by atoms with Crippen molar-refractivity contribution in [3.63, 3.8) is 0 Å². The van der Waals surface area contributed by atoms with Crippen LogP contribution >= 0.6 is 11.8 Å². The lowest BCUT2D eigenvalue weighted by atomic mass is 10.2. The molecule has 0 radical (unpaired) electrons. The predicted molar refractivity (Wildman–Crippen MR) is 75.9 cm³/mol. The number of fused-ring (bicyclic) bond motifs is 1. The van der Waals surface area contributed by atoms with E-state index >= 15 is 0 Å². The van der Waals surface area contributed by atoms with Gasteiger partial charge in [0.15, 0.2) is 5.65 Å². The second-order valence-corrected chi connectivity index (χ2v) is 5.39. The molecule has 0 fully saturated rings. The van der Waals surface area contributed by atoms with Crippen molar-refractivity contribution in [2.24, 2.45) is 0 Å². The van der Waals surface area contributed by atoms with Gasteiger partial charge in [0.1, 0.15) is 10.9 Å². The molecule has 106 valence electrons. The highest BCUT2D eigenvalue weighted by Gasteiger charge is 2.09. The number of nitrogens with zero attached hydrogens (tertiary/aromatic N) is 3. The summed E-state index contributed by atoms with van der Waals surface area (Å²) in [6.45, 7) is 1.72. The lowest BCUT2D eigenvalue weighted by molar-refractivity contribution is 0.0697. The second kappa shape index (κ2) is 5.06. The smallest absolute Gasteiger partial charge is 0.349 e. The van der Waals surface area contributed by atoms with Crippen LogP contribution in [0, 0.1) is 6.92 Å². The van der Waals surface area contributed by atoms with Crippen LogP contribution in [0.4, 0.5) is 0 Å². The third kappa shape index (κ3) is 2.52. The van der Waals surface area contributed by atoms with E-state index in [-0.39, 0.29) is 11.3 Å². The van der Waals surface area contributed by atoms with Gasteiger partial charge < -0.3 is 5.11 Å². The molecule has 0 aliphatic rings. The number of aryl methyl sites for hydroxylation is 1. The van der Waals surface area contributed by atoms with E-state index in [1.165, 1.54) is 28.3 Å². The average molecular weight is 302 g/mol. The van der Waals surface area contributed by atoms with E-state index in [0.29, 0.717) is 16.5 Å². The monoisotopic (exact) mass is 302 g/mol. The maximum Gasteiger partial charge on any atom is 0.349 e. The Bertz CT molecular complexity index is 883. The topological polar surface area (TPSA) is 100 Å². The maximum absolute atomic E-state index is 11.5. The van der Waals surface area contributed by atoms with Crippen LogP contribution in [0.5, 0.6) is 0 Å². The van der Waals surface area contributed by atoms with Crippen LogP contribution in [0.2, 0.25) is 0 Å². The summed E-state index contributed by atoms with van der Waals surface area (Å²) in [5.41, 5.74) is 0.410. The van der Waals surface area contributed by atoms with Crippen LogP contribution < -0.4 is 5.69 Å². The Kier molecular flexibility index (Phi) is 3.22. The van der Waals surface area contributed by atoms with Crippen molar-refractivity contribution in [1.82, 2.24) is 19.6 Å². The fraction of sp³-hybridized carbons (Fsp3) is 0.0769. The molecule has 0 unspecified atom stereocenters.